The number of ether oxygens (including phenoxy) is 1. The highest BCUT2D eigenvalue weighted by atomic mass is 32.1. The Morgan fingerprint density at radius 2 is 2.16 bits per heavy atom. The van der Waals surface area contributed by atoms with E-state index in [0.717, 1.165) is 46.5 Å². The third-order valence-corrected chi connectivity index (χ3v) is 5.59. The Labute approximate surface area is 149 Å². The van der Waals surface area contributed by atoms with Crippen molar-refractivity contribution in [3.8, 4) is 16.3 Å². The largest absolute Gasteiger partial charge is 0.473 e. The maximum atomic E-state index is 11.8. The molecule has 1 amide bonds. The number of nitrogens with two attached hydrogens (primary N) is 1. The van der Waals surface area contributed by atoms with Gasteiger partial charge in [0, 0.05) is 17.6 Å². The van der Waals surface area contributed by atoms with Crippen molar-refractivity contribution in [2.24, 2.45) is 5.73 Å². The van der Waals surface area contributed by atoms with Crippen molar-refractivity contribution in [3.63, 3.8) is 0 Å². The molecule has 1 aliphatic rings. The first-order valence-electron chi connectivity index (χ1n) is 8.37. The number of hydrogen-bond acceptors (Lipinski definition) is 5. The predicted molar refractivity (Wildman–Crippen MR) is 100 cm³/mol. The van der Waals surface area contributed by atoms with E-state index in [1.807, 2.05) is 36.4 Å². The minimum Gasteiger partial charge on any atom is -0.473 e. The third kappa shape index (κ3) is 3.23. The number of thiophene rings is 1. The summed E-state index contributed by atoms with van der Waals surface area (Å²) >= 11 is 1.55. The van der Waals surface area contributed by atoms with Gasteiger partial charge < -0.3 is 15.8 Å². The first kappa shape index (κ1) is 16.1. The highest BCUT2D eigenvalue weighted by molar-refractivity contribution is 7.22. The summed E-state index contributed by atoms with van der Waals surface area (Å²) < 4.78 is 6.97. The Bertz CT molecular complexity index is 902. The number of carbonyl (C=O) groups is 1. The van der Waals surface area contributed by atoms with E-state index in [9.17, 15) is 4.79 Å². The maximum absolute atomic E-state index is 11.8. The van der Waals surface area contributed by atoms with Gasteiger partial charge >= 0.3 is 0 Å². The summed E-state index contributed by atoms with van der Waals surface area (Å²) in [6, 6.07) is 12.1. The molecular formula is C19H19N3O2S. The Morgan fingerprint density at radius 3 is 2.88 bits per heavy atom. The average molecular weight is 353 g/mol. The lowest BCUT2D eigenvalue weighted by molar-refractivity contribution is 0.100. The molecule has 4 rings (SSSR count). The van der Waals surface area contributed by atoms with Crippen LogP contribution in [0.3, 0.4) is 0 Å². The van der Waals surface area contributed by atoms with Crippen LogP contribution >= 0.6 is 11.3 Å². The second-order valence-electron chi connectivity index (χ2n) is 6.15. The zero-order chi connectivity index (χ0) is 17.2. The van der Waals surface area contributed by atoms with Gasteiger partial charge in [-0.15, -0.1) is 11.3 Å². The molecule has 3 heterocycles. The average Bonchev–Trinajstić information content (AvgIpc) is 3.09. The molecule has 25 heavy (non-hydrogen) atoms. The smallest absolute Gasteiger partial charge is 0.251 e. The summed E-state index contributed by atoms with van der Waals surface area (Å²) in [6.07, 6.45) is 3.72. The first-order chi connectivity index (χ1) is 12.2. The number of fused-ring (bicyclic) bond motifs is 1. The molecule has 1 fully saturated rings. The van der Waals surface area contributed by atoms with Gasteiger partial charge in [0.2, 0.25) is 5.88 Å². The Morgan fingerprint density at radius 1 is 1.32 bits per heavy atom. The standard InChI is InChI=1S/C19H19N3O2S/c20-18(23)15-11-22-19(24-13-7-4-8-21-10-13)14-9-16(25-17(14)15)12-5-2-1-3-6-12/h1-3,5-6,9,11,13,21H,4,7-8,10H2,(H2,20,23)/t13-/m0/s1. The van der Waals surface area contributed by atoms with E-state index in [0.29, 0.717) is 11.4 Å². The van der Waals surface area contributed by atoms with Crippen LogP contribution in [0.5, 0.6) is 5.88 Å². The van der Waals surface area contributed by atoms with Gasteiger partial charge in [-0.1, -0.05) is 30.3 Å². The lowest BCUT2D eigenvalue weighted by atomic mass is 10.1. The van der Waals surface area contributed by atoms with Crippen molar-refractivity contribution >= 4 is 27.3 Å². The number of piperidine rings is 1. The number of nitrogens with zero attached hydrogens (tertiary/aromatic N) is 1. The highest BCUT2D eigenvalue weighted by Crippen LogP contribution is 2.39. The number of nitrogens with one attached hydrogen (secondary N) is 1. The molecule has 1 saturated heterocycles. The fourth-order valence-corrected chi connectivity index (χ4v) is 4.26. The van der Waals surface area contributed by atoms with Crippen molar-refractivity contribution in [1.82, 2.24) is 10.3 Å². The fourth-order valence-electron chi connectivity index (χ4n) is 3.09. The minimum atomic E-state index is -0.468. The van der Waals surface area contributed by atoms with E-state index in [-0.39, 0.29) is 6.10 Å². The number of amides is 1. The van der Waals surface area contributed by atoms with Gasteiger partial charge in [-0.25, -0.2) is 4.98 Å². The Kier molecular flexibility index (Phi) is 4.38. The van der Waals surface area contributed by atoms with Crippen LogP contribution < -0.4 is 15.8 Å². The maximum Gasteiger partial charge on any atom is 0.251 e. The third-order valence-electron chi connectivity index (χ3n) is 4.37. The Hall–Kier alpha value is -2.44. The molecule has 128 valence electrons. The lowest BCUT2D eigenvalue weighted by Gasteiger charge is -2.23. The van der Waals surface area contributed by atoms with E-state index in [1.165, 1.54) is 6.20 Å². The van der Waals surface area contributed by atoms with Crippen LogP contribution in [-0.2, 0) is 0 Å². The van der Waals surface area contributed by atoms with E-state index < -0.39 is 5.91 Å². The van der Waals surface area contributed by atoms with Crippen LogP contribution in [0.4, 0.5) is 0 Å². The summed E-state index contributed by atoms with van der Waals surface area (Å²) in [4.78, 5) is 17.3. The number of primary amides is 1. The second kappa shape index (κ2) is 6.82. The van der Waals surface area contributed by atoms with Crippen LogP contribution in [0.15, 0.2) is 42.6 Å². The van der Waals surface area contributed by atoms with Crippen LogP contribution in [-0.4, -0.2) is 30.1 Å². The molecule has 1 aromatic carbocycles. The number of rotatable bonds is 4. The van der Waals surface area contributed by atoms with Crippen LogP contribution in [0.1, 0.15) is 23.2 Å². The molecule has 1 aliphatic heterocycles. The van der Waals surface area contributed by atoms with E-state index >= 15 is 0 Å². The molecule has 6 heteroatoms. The molecule has 1 atom stereocenters. The van der Waals surface area contributed by atoms with Gasteiger partial charge in [-0.2, -0.15) is 0 Å². The van der Waals surface area contributed by atoms with Crippen molar-refractivity contribution < 1.29 is 9.53 Å². The van der Waals surface area contributed by atoms with Gasteiger partial charge in [-0.3, -0.25) is 4.79 Å². The van der Waals surface area contributed by atoms with E-state index in [1.54, 1.807) is 11.3 Å². The van der Waals surface area contributed by atoms with Crippen LogP contribution in [0, 0.1) is 0 Å². The van der Waals surface area contributed by atoms with Crippen molar-refractivity contribution in [2.45, 2.75) is 18.9 Å². The van der Waals surface area contributed by atoms with E-state index in [2.05, 4.69) is 10.3 Å². The first-order valence-corrected chi connectivity index (χ1v) is 9.19. The normalized spacial score (nSPS) is 17.5. The summed E-state index contributed by atoms with van der Waals surface area (Å²) in [5.41, 5.74) is 7.08. The molecular weight excluding hydrogens is 334 g/mol. The summed E-state index contributed by atoms with van der Waals surface area (Å²) in [7, 11) is 0. The van der Waals surface area contributed by atoms with Crippen molar-refractivity contribution in [1.29, 1.82) is 0 Å². The molecule has 0 spiro atoms. The van der Waals surface area contributed by atoms with Crippen LogP contribution in [0.2, 0.25) is 0 Å². The number of carbonyl (C=O) groups excluding carboxylic acids is 1. The highest BCUT2D eigenvalue weighted by Gasteiger charge is 2.20. The zero-order valence-corrected chi connectivity index (χ0v) is 14.5. The van der Waals surface area contributed by atoms with Gasteiger partial charge in [0.25, 0.3) is 5.91 Å². The zero-order valence-electron chi connectivity index (χ0n) is 13.7. The molecule has 0 bridgehead atoms. The monoisotopic (exact) mass is 353 g/mol. The molecule has 5 nitrogen and oxygen atoms in total. The number of pyridine rings is 1. The fraction of sp³-hybridized carbons (Fsp3) is 0.263. The summed E-state index contributed by atoms with van der Waals surface area (Å²) in [5, 5.41) is 4.19. The topological polar surface area (TPSA) is 77.2 Å². The molecule has 2 aromatic heterocycles. The van der Waals surface area contributed by atoms with Gasteiger partial charge in [-0.05, 0) is 31.0 Å². The molecule has 3 N–H and O–H groups in total. The van der Waals surface area contributed by atoms with Crippen molar-refractivity contribution in [2.75, 3.05) is 13.1 Å². The quantitative estimate of drug-likeness (QED) is 0.755. The lowest BCUT2D eigenvalue weighted by Crippen LogP contribution is -2.37. The number of benzene rings is 1. The van der Waals surface area contributed by atoms with Gasteiger partial charge in [0.1, 0.15) is 6.10 Å². The Balaban J connectivity index is 1.79. The SMILES string of the molecule is NC(=O)c1cnc(O[C@H]2CCCNC2)c2cc(-c3ccccc3)sc12. The van der Waals surface area contributed by atoms with Gasteiger partial charge in [0.15, 0.2) is 0 Å². The number of hydrogen-bond donors (Lipinski definition) is 2. The van der Waals surface area contributed by atoms with E-state index in [4.69, 9.17) is 10.5 Å². The summed E-state index contributed by atoms with van der Waals surface area (Å²) in [5.74, 6) is 0.108. The van der Waals surface area contributed by atoms with Crippen molar-refractivity contribution in [3.05, 3.63) is 48.2 Å². The molecule has 3 aromatic rings. The molecule has 0 saturated carbocycles. The van der Waals surface area contributed by atoms with Crippen LogP contribution in [0.25, 0.3) is 20.5 Å². The molecule has 0 aliphatic carbocycles. The number of aromatic nitrogens is 1. The molecule has 0 unspecified atom stereocenters. The van der Waals surface area contributed by atoms with Gasteiger partial charge in [0.05, 0.1) is 15.6 Å². The minimum absolute atomic E-state index is 0.101. The molecule has 0 radical (unpaired) electrons. The second-order valence-corrected chi connectivity index (χ2v) is 7.20. The summed E-state index contributed by atoms with van der Waals surface area (Å²) in [6.45, 7) is 1.84. The predicted octanol–water partition coefficient (Wildman–Crippen LogP) is 3.19.